The third-order valence-corrected chi connectivity index (χ3v) is 6.54. The Kier molecular flexibility index (Phi) is 10.8. The molecule has 31 heavy (non-hydrogen) atoms. The Balaban J connectivity index is 0.00000341. The number of hydrogen-bond acceptors (Lipinski definition) is 4. The second kappa shape index (κ2) is 13.0. The number of nitrogens with two attached hydrogens (primary N) is 1. The summed E-state index contributed by atoms with van der Waals surface area (Å²) >= 11 is 1.80. The van der Waals surface area contributed by atoms with E-state index >= 15 is 0 Å². The lowest BCUT2D eigenvalue weighted by Gasteiger charge is -2.31. The first kappa shape index (κ1) is 25.6. The highest BCUT2D eigenvalue weighted by Crippen LogP contribution is 2.19. The first-order valence-corrected chi connectivity index (χ1v) is 11.5. The van der Waals surface area contributed by atoms with Crippen LogP contribution in [0.2, 0.25) is 0 Å². The van der Waals surface area contributed by atoms with Crippen molar-refractivity contribution < 1.29 is 4.79 Å². The third kappa shape index (κ3) is 8.08. The summed E-state index contributed by atoms with van der Waals surface area (Å²) in [5, 5.41) is 5.59. The molecule has 8 heteroatoms. The molecule has 3 rings (SSSR count). The number of nitrogens with zero attached hydrogens (tertiary/aromatic N) is 3. The minimum Gasteiger partial charge on any atom is -0.369 e. The quantitative estimate of drug-likeness (QED) is 0.298. The minimum absolute atomic E-state index is 0. The number of thiophene rings is 1. The van der Waals surface area contributed by atoms with Gasteiger partial charge in [0.05, 0.1) is 5.92 Å². The molecule has 1 aliphatic rings. The lowest BCUT2D eigenvalue weighted by atomic mass is 9.97. The Morgan fingerprint density at radius 3 is 2.84 bits per heavy atom. The summed E-state index contributed by atoms with van der Waals surface area (Å²) in [6, 6.07) is 12.9. The van der Waals surface area contributed by atoms with Gasteiger partial charge in [0.2, 0.25) is 5.91 Å². The number of amides is 1. The molecule has 0 aliphatic carbocycles. The fourth-order valence-corrected chi connectivity index (χ4v) is 4.63. The van der Waals surface area contributed by atoms with Gasteiger partial charge in [-0.15, -0.1) is 35.3 Å². The molecule has 1 aromatic heterocycles. The molecule has 3 N–H and O–H groups in total. The number of carbonyl (C=O) groups excluding carboxylic acids is 1. The van der Waals surface area contributed by atoms with Gasteiger partial charge in [-0.25, -0.2) is 0 Å². The maximum Gasteiger partial charge on any atom is 0.221 e. The molecule has 1 aromatic carbocycles. The van der Waals surface area contributed by atoms with E-state index in [-0.39, 0.29) is 35.8 Å². The number of aliphatic imine (C=N–C) groups is 1. The molecule has 0 radical (unpaired) electrons. The monoisotopic (exact) mass is 555 g/mol. The van der Waals surface area contributed by atoms with Crippen molar-refractivity contribution >= 4 is 47.2 Å². The second-order valence-corrected chi connectivity index (χ2v) is 8.98. The lowest BCUT2D eigenvalue weighted by Crippen LogP contribution is -2.40. The average Bonchev–Trinajstić information content (AvgIpc) is 3.27. The Hall–Kier alpha value is -1.65. The normalized spacial score (nSPS) is 17.1. The molecule has 0 spiro atoms. The first-order valence-electron chi connectivity index (χ1n) is 10.6. The molecule has 1 fully saturated rings. The van der Waals surface area contributed by atoms with Crippen LogP contribution < -0.4 is 11.1 Å². The SMILES string of the molecule is CN=C(NCc1cccc(CN2CCCC(C(N)=O)C2)c1)N(C)CCc1cccs1.I. The van der Waals surface area contributed by atoms with Gasteiger partial charge in [0.15, 0.2) is 5.96 Å². The maximum atomic E-state index is 11.5. The zero-order valence-corrected chi connectivity index (χ0v) is 21.6. The fourth-order valence-electron chi connectivity index (χ4n) is 3.93. The summed E-state index contributed by atoms with van der Waals surface area (Å²) in [4.78, 5) is 21.8. The number of likely N-dealkylation sites (N-methyl/N-ethyl adjacent to an activating group) is 1. The predicted octanol–water partition coefficient (Wildman–Crippen LogP) is 3.31. The van der Waals surface area contributed by atoms with E-state index < -0.39 is 0 Å². The second-order valence-electron chi connectivity index (χ2n) is 7.95. The number of halogens is 1. The number of guanidine groups is 1. The topological polar surface area (TPSA) is 74.0 Å². The van der Waals surface area contributed by atoms with Crippen molar-refractivity contribution in [3.8, 4) is 0 Å². The van der Waals surface area contributed by atoms with E-state index in [1.165, 1.54) is 16.0 Å². The lowest BCUT2D eigenvalue weighted by molar-refractivity contribution is -0.123. The van der Waals surface area contributed by atoms with Crippen LogP contribution in [0.1, 0.15) is 28.8 Å². The van der Waals surface area contributed by atoms with E-state index in [9.17, 15) is 4.79 Å². The van der Waals surface area contributed by atoms with Crippen molar-refractivity contribution in [3.63, 3.8) is 0 Å². The van der Waals surface area contributed by atoms with Crippen molar-refractivity contribution in [1.82, 2.24) is 15.1 Å². The van der Waals surface area contributed by atoms with E-state index in [2.05, 4.69) is 68.9 Å². The standard InChI is InChI=1S/C23H33N5OS.HI/c1-25-23(27(2)12-10-21-9-5-13-30-21)26-15-18-6-3-7-19(14-18)16-28-11-4-8-20(17-28)22(24)29;/h3,5-7,9,13-14,20H,4,8,10-12,15-17H2,1-2H3,(H2,24,29)(H,25,26);1H. The molecule has 1 saturated heterocycles. The van der Waals surface area contributed by atoms with Gasteiger partial charge >= 0.3 is 0 Å². The van der Waals surface area contributed by atoms with Gasteiger partial charge in [-0.05, 0) is 48.4 Å². The van der Waals surface area contributed by atoms with E-state index in [1.807, 2.05) is 7.05 Å². The Morgan fingerprint density at radius 2 is 2.13 bits per heavy atom. The van der Waals surface area contributed by atoms with Crippen molar-refractivity contribution in [3.05, 3.63) is 57.8 Å². The Bertz CT molecular complexity index is 842. The van der Waals surface area contributed by atoms with Crippen molar-refractivity contribution in [2.45, 2.75) is 32.4 Å². The third-order valence-electron chi connectivity index (χ3n) is 5.60. The van der Waals surface area contributed by atoms with Gasteiger partial charge in [-0.3, -0.25) is 14.7 Å². The van der Waals surface area contributed by atoms with Crippen LogP contribution >= 0.6 is 35.3 Å². The number of rotatable bonds is 8. The fraction of sp³-hybridized carbons (Fsp3) is 0.478. The molecule has 1 atom stereocenters. The molecule has 1 aliphatic heterocycles. The summed E-state index contributed by atoms with van der Waals surface area (Å²) in [6.45, 7) is 4.30. The molecule has 6 nitrogen and oxygen atoms in total. The van der Waals surface area contributed by atoms with Crippen LogP contribution in [0.3, 0.4) is 0 Å². The van der Waals surface area contributed by atoms with Crippen LogP contribution in [0.15, 0.2) is 46.8 Å². The maximum absolute atomic E-state index is 11.5. The van der Waals surface area contributed by atoms with E-state index in [0.717, 1.165) is 57.9 Å². The number of benzene rings is 1. The summed E-state index contributed by atoms with van der Waals surface area (Å²) in [5.74, 6) is 0.709. The molecule has 2 heterocycles. The number of nitrogens with one attached hydrogen (secondary N) is 1. The predicted molar refractivity (Wildman–Crippen MR) is 140 cm³/mol. The van der Waals surface area contributed by atoms with E-state index in [0.29, 0.717) is 0 Å². The van der Waals surface area contributed by atoms with Crippen LogP contribution in [0.25, 0.3) is 0 Å². The van der Waals surface area contributed by atoms with Gasteiger partial charge in [0.25, 0.3) is 0 Å². The summed E-state index contributed by atoms with van der Waals surface area (Å²) < 4.78 is 0. The molecule has 1 amide bonds. The minimum atomic E-state index is -0.174. The molecule has 170 valence electrons. The summed E-state index contributed by atoms with van der Waals surface area (Å²) in [7, 11) is 3.90. The number of carbonyl (C=O) groups is 1. The van der Waals surface area contributed by atoms with Crippen molar-refractivity contribution in [2.75, 3.05) is 33.7 Å². The number of primary amides is 1. The zero-order chi connectivity index (χ0) is 21.3. The summed E-state index contributed by atoms with van der Waals surface area (Å²) in [6.07, 6.45) is 2.96. The molecule has 0 bridgehead atoms. The molecular formula is C23H34IN5OS. The molecular weight excluding hydrogens is 521 g/mol. The van der Waals surface area contributed by atoms with Crippen molar-refractivity contribution in [1.29, 1.82) is 0 Å². The first-order chi connectivity index (χ1) is 14.5. The molecule has 2 aromatic rings. The van der Waals surface area contributed by atoms with Crippen LogP contribution in [0.5, 0.6) is 0 Å². The van der Waals surface area contributed by atoms with E-state index in [4.69, 9.17) is 5.73 Å². The molecule has 1 unspecified atom stereocenters. The van der Waals surface area contributed by atoms with Crippen LogP contribution in [0.4, 0.5) is 0 Å². The highest BCUT2D eigenvalue weighted by Gasteiger charge is 2.23. The van der Waals surface area contributed by atoms with Crippen LogP contribution in [-0.2, 0) is 24.3 Å². The smallest absolute Gasteiger partial charge is 0.221 e. The summed E-state index contributed by atoms with van der Waals surface area (Å²) in [5.41, 5.74) is 8.00. The van der Waals surface area contributed by atoms with Gasteiger partial charge in [-0.2, -0.15) is 0 Å². The van der Waals surface area contributed by atoms with Crippen molar-refractivity contribution in [2.24, 2.45) is 16.6 Å². The largest absolute Gasteiger partial charge is 0.369 e. The van der Waals surface area contributed by atoms with E-state index in [1.54, 1.807) is 11.3 Å². The highest BCUT2D eigenvalue weighted by atomic mass is 127. The zero-order valence-electron chi connectivity index (χ0n) is 18.4. The number of likely N-dealkylation sites (tertiary alicyclic amines) is 1. The van der Waals surface area contributed by atoms with Crippen LogP contribution in [0, 0.1) is 5.92 Å². The Morgan fingerprint density at radius 1 is 1.32 bits per heavy atom. The van der Waals surface area contributed by atoms with Gasteiger partial charge in [0, 0.05) is 45.2 Å². The number of piperidine rings is 1. The van der Waals surface area contributed by atoms with Gasteiger partial charge < -0.3 is 16.0 Å². The van der Waals surface area contributed by atoms with Crippen LogP contribution in [-0.4, -0.2) is 55.4 Å². The average molecular weight is 556 g/mol. The van der Waals surface area contributed by atoms with Gasteiger partial charge in [-0.1, -0.05) is 30.3 Å². The van der Waals surface area contributed by atoms with Gasteiger partial charge in [0.1, 0.15) is 0 Å². The Labute approximate surface area is 206 Å². The highest BCUT2D eigenvalue weighted by molar-refractivity contribution is 14.0. The number of hydrogen-bond donors (Lipinski definition) is 2. The molecule has 0 saturated carbocycles.